The Balaban J connectivity index is 0.000000258. The zero-order valence-electron chi connectivity index (χ0n) is 16.4. The van der Waals surface area contributed by atoms with E-state index >= 15 is 0 Å². The summed E-state index contributed by atoms with van der Waals surface area (Å²) in [6.07, 6.45) is 7.19. The minimum absolute atomic E-state index is 0. The zero-order valence-corrected chi connectivity index (χ0v) is 15.4. The second kappa shape index (κ2) is 12.7. The van der Waals surface area contributed by atoms with Crippen molar-refractivity contribution < 1.29 is 11.3 Å². The summed E-state index contributed by atoms with van der Waals surface area (Å²) in [5.74, 6) is 1.30. The molecule has 152 valence electrons. The van der Waals surface area contributed by atoms with Gasteiger partial charge in [0.25, 0.3) is 0 Å². The van der Waals surface area contributed by atoms with E-state index in [-0.39, 0.29) is 14.0 Å². The van der Waals surface area contributed by atoms with Crippen LogP contribution in [0.25, 0.3) is 23.0 Å². The van der Waals surface area contributed by atoms with E-state index in [9.17, 15) is 4.79 Å². The van der Waals surface area contributed by atoms with Gasteiger partial charge >= 0.3 is 0 Å². The Morgan fingerprint density at radius 2 is 1.52 bits per heavy atom. The second-order valence-corrected chi connectivity index (χ2v) is 5.15. The molecule has 0 radical (unpaired) electrons. The van der Waals surface area contributed by atoms with Crippen LogP contribution >= 0.6 is 0 Å². The molecule has 0 spiro atoms. The molecule has 0 unspecified atom stereocenters. The predicted molar refractivity (Wildman–Crippen MR) is 113 cm³/mol. The van der Waals surface area contributed by atoms with Crippen molar-refractivity contribution >= 4 is 6.29 Å². The van der Waals surface area contributed by atoms with E-state index in [0.717, 1.165) is 17.7 Å². The van der Waals surface area contributed by atoms with Crippen LogP contribution in [0.4, 0.5) is 0 Å². The molecule has 0 fully saturated rings. The van der Waals surface area contributed by atoms with Gasteiger partial charge in [0.1, 0.15) is 11.4 Å². The highest BCUT2D eigenvalue weighted by atomic mass is 16.3. The Morgan fingerprint density at radius 1 is 0.966 bits per heavy atom. The lowest BCUT2D eigenvalue weighted by molar-refractivity contribution is 0.111. The third-order valence-corrected chi connectivity index (χ3v) is 3.34. The third-order valence-electron chi connectivity index (χ3n) is 3.34. The lowest BCUT2D eigenvalue weighted by Gasteiger charge is -1.93. The average molecular weight is 395 g/mol. The molecule has 0 atom stereocenters. The van der Waals surface area contributed by atoms with Crippen LogP contribution in [0.2, 0.25) is 0 Å². The number of aromatic amines is 2. The molecule has 0 aromatic carbocycles. The first-order valence-corrected chi connectivity index (χ1v) is 8.48. The molecule has 0 amide bonds. The summed E-state index contributed by atoms with van der Waals surface area (Å²) >= 11 is 0. The van der Waals surface area contributed by atoms with Gasteiger partial charge in [-0.15, -0.1) is 0 Å². The van der Waals surface area contributed by atoms with Crippen molar-refractivity contribution in [3.63, 3.8) is 0 Å². The van der Waals surface area contributed by atoms with Gasteiger partial charge in [-0.05, 0) is 24.3 Å². The first kappa shape index (κ1) is 21.6. The number of carbonyl (C=O) groups excluding carboxylic acids is 1. The Hall–Kier alpha value is -3.65. The minimum Gasteiger partial charge on any atom is -0.390 e. The Bertz CT molecular complexity index is 973. The molecule has 29 heavy (non-hydrogen) atoms. The fourth-order valence-corrected chi connectivity index (χ4v) is 2.10. The van der Waals surface area contributed by atoms with Gasteiger partial charge in [-0.3, -0.25) is 14.8 Å². The van der Waals surface area contributed by atoms with E-state index in [1.54, 1.807) is 25.5 Å². The fraction of sp³-hybridized carbons (Fsp3) is 0.190. The highest BCUT2D eigenvalue weighted by Crippen LogP contribution is 2.11. The molecule has 0 aliphatic carbocycles. The van der Waals surface area contributed by atoms with Crippen molar-refractivity contribution in [1.29, 1.82) is 0 Å². The fourth-order valence-electron chi connectivity index (χ4n) is 2.10. The average Bonchev–Trinajstić information content (AvgIpc) is 3.46. The molecule has 4 aromatic rings. The number of nitrogens with one attached hydrogen (secondary N) is 2. The number of aliphatic hydroxyl groups is 1. The van der Waals surface area contributed by atoms with E-state index in [1.807, 2.05) is 36.4 Å². The number of aromatic nitrogens is 6. The zero-order chi connectivity index (χ0) is 20.9. The Labute approximate surface area is 171 Å². The van der Waals surface area contributed by atoms with Gasteiger partial charge in [-0.1, -0.05) is 33.4 Å². The molecule has 0 saturated carbocycles. The molecule has 0 saturated heterocycles. The van der Waals surface area contributed by atoms with Crippen LogP contribution in [0.1, 0.15) is 38.8 Å². The van der Waals surface area contributed by atoms with Crippen LogP contribution in [0.15, 0.2) is 61.2 Å². The second-order valence-electron chi connectivity index (χ2n) is 5.15. The van der Waals surface area contributed by atoms with E-state index in [0.29, 0.717) is 29.9 Å². The van der Waals surface area contributed by atoms with Crippen molar-refractivity contribution in [3.05, 3.63) is 72.6 Å². The highest BCUT2D eigenvalue weighted by molar-refractivity contribution is 5.72. The van der Waals surface area contributed by atoms with Crippen molar-refractivity contribution in [2.24, 2.45) is 0 Å². The Morgan fingerprint density at radius 3 is 1.93 bits per heavy atom. The van der Waals surface area contributed by atoms with E-state index < -0.39 is 0 Å². The summed E-state index contributed by atoms with van der Waals surface area (Å²) in [5, 5.41) is 8.81. The van der Waals surface area contributed by atoms with Crippen molar-refractivity contribution in [1.82, 2.24) is 29.9 Å². The standard InChI is InChI=1S/C9H9N3O.C9H7N3O.C2H6.CH4/c2*13-6-7-5-11-9(12-7)8-3-1-2-4-10-8;1-2;/h1-5,13H,6H2,(H,11,12);1-6H,(H,11,12);1-2H3;1H4/i;;1D;. The Kier molecular flexibility index (Phi) is 9.47. The molecule has 8 heteroatoms. The number of hydrogen-bond donors (Lipinski definition) is 3. The summed E-state index contributed by atoms with van der Waals surface area (Å²) in [5.41, 5.74) is 2.67. The number of hydrogen-bond acceptors (Lipinski definition) is 6. The SMILES string of the molecule is C.O=Cc1cnc(-c2ccccn2)[nH]1.OCc1cnc(-c2ccccn2)[nH]1.[2H]CC. The number of imidazole rings is 2. The van der Waals surface area contributed by atoms with Gasteiger partial charge in [-0.2, -0.15) is 0 Å². The molecule has 8 nitrogen and oxygen atoms in total. The van der Waals surface area contributed by atoms with Gasteiger partial charge in [0.05, 0.1) is 30.4 Å². The van der Waals surface area contributed by atoms with E-state index in [2.05, 4.69) is 29.9 Å². The van der Waals surface area contributed by atoms with Crippen LogP contribution in [0.3, 0.4) is 0 Å². The smallest absolute Gasteiger partial charge is 0.167 e. The molecule has 0 aliphatic heterocycles. The van der Waals surface area contributed by atoms with E-state index in [1.165, 1.54) is 6.20 Å². The lowest BCUT2D eigenvalue weighted by atomic mass is 10.3. The summed E-state index contributed by atoms with van der Waals surface area (Å²) < 4.78 is 6.21. The molecule has 4 aromatic heterocycles. The number of pyridine rings is 2. The third kappa shape index (κ3) is 6.78. The van der Waals surface area contributed by atoms with Crippen molar-refractivity contribution in [2.75, 3.05) is 0 Å². The normalized spacial score (nSPS) is 9.66. The summed E-state index contributed by atoms with van der Waals surface area (Å²) in [6, 6.07) is 11.1. The predicted octanol–water partition coefficient (Wildman–Crippen LogP) is 3.91. The maximum absolute atomic E-state index is 10.4. The number of aldehydes is 1. The highest BCUT2D eigenvalue weighted by Gasteiger charge is 2.03. The summed E-state index contributed by atoms with van der Waals surface area (Å²) in [4.78, 5) is 32.4. The first-order valence-electron chi connectivity index (χ1n) is 9.19. The van der Waals surface area contributed by atoms with Gasteiger partial charge in [0.2, 0.25) is 0 Å². The first-order chi connectivity index (χ1) is 14.2. The minimum atomic E-state index is -0.0279. The largest absolute Gasteiger partial charge is 0.390 e. The van der Waals surface area contributed by atoms with Gasteiger partial charge in [0, 0.05) is 13.8 Å². The van der Waals surface area contributed by atoms with Crippen molar-refractivity contribution in [3.8, 4) is 23.0 Å². The molecule has 0 aliphatic rings. The molecular formula is C21H26N6O2. The topological polar surface area (TPSA) is 120 Å². The van der Waals surface area contributed by atoms with Crippen molar-refractivity contribution in [2.45, 2.75) is 27.9 Å². The van der Waals surface area contributed by atoms with Gasteiger partial charge < -0.3 is 15.1 Å². The van der Waals surface area contributed by atoms with Gasteiger partial charge in [-0.25, -0.2) is 9.97 Å². The molecule has 4 rings (SSSR count). The molecular weight excluding hydrogens is 368 g/mol. The number of carbonyl (C=O) groups is 1. The molecule has 4 heterocycles. The lowest BCUT2D eigenvalue weighted by Crippen LogP contribution is -1.85. The number of rotatable bonds is 4. The maximum atomic E-state index is 10.4. The number of H-pyrrole nitrogens is 2. The quantitative estimate of drug-likeness (QED) is 0.451. The molecule has 3 N–H and O–H groups in total. The molecule has 0 bridgehead atoms. The number of nitrogens with zero attached hydrogens (tertiary/aromatic N) is 4. The maximum Gasteiger partial charge on any atom is 0.167 e. The summed E-state index contributed by atoms with van der Waals surface area (Å²) in [7, 11) is 0. The van der Waals surface area contributed by atoms with Crippen LogP contribution in [0, 0.1) is 0 Å². The van der Waals surface area contributed by atoms with Crippen LogP contribution in [0.5, 0.6) is 0 Å². The monoisotopic (exact) mass is 395 g/mol. The number of aliphatic hydroxyl groups excluding tert-OH is 1. The van der Waals surface area contributed by atoms with Crippen LogP contribution < -0.4 is 0 Å². The van der Waals surface area contributed by atoms with Crippen LogP contribution in [-0.2, 0) is 6.61 Å². The summed E-state index contributed by atoms with van der Waals surface area (Å²) in [6.45, 7) is 2.26. The van der Waals surface area contributed by atoms with Gasteiger partial charge in [0.15, 0.2) is 17.9 Å². The van der Waals surface area contributed by atoms with Crippen LogP contribution in [-0.4, -0.2) is 41.3 Å². The van der Waals surface area contributed by atoms with E-state index in [4.69, 9.17) is 6.48 Å².